The Bertz CT molecular complexity index is 525. The number of nitrogens with zero attached hydrogens (tertiary/aromatic N) is 1. The Morgan fingerprint density at radius 1 is 1.25 bits per heavy atom. The molecule has 0 aromatic carbocycles. The molecule has 0 aliphatic rings. The average molecular weight is 272 g/mol. The molecule has 3 heteroatoms. The summed E-state index contributed by atoms with van der Waals surface area (Å²) in [5.41, 5.74) is 1.48. The summed E-state index contributed by atoms with van der Waals surface area (Å²) in [6.07, 6.45) is 4.81. The molecule has 0 radical (unpaired) electrons. The molecule has 20 heavy (non-hydrogen) atoms. The SMILES string of the molecule is Cc1ccc(CNC(CC(C)(C)C)c2cccnc2)o1. The van der Waals surface area contributed by atoms with Crippen molar-refractivity contribution in [3.8, 4) is 0 Å². The van der Waals surface area contributed by atoms with E-state index in [0.29, 0.717) is 0 Å². The molecule has 1 unspecified atom stereocenters. The van der Waals surface area contributed by atoms with Gasteiger partial charge in [-0.25, -0.2) is 0 Å². The zero-order valence-electron chi connectivity index (χ0n) is 12.8. The summed E-state index contributed by atoms with van der Waals surface area (Å²) < 4.78 is 5.62. The number of aromatic nitrogens is 1. The Morgan fingerprint density at radius 3 is 2.60 bits per heavy atom. The van der Waals surface area contributed by atoms with Crippen molar-refractivity contribution in [2.75, 3.05) is 0 Å². The minimum absolute atomic E-state index is 0.257. The number of aryl methyl sites for hydroxylation is 1. The highest BCUT2D eigenvalue weighted by molar-refractivity contribution is 5.15. The van der Waals surface area contributed by atoms with E-state index in [-0.39, 0.29) is 11.5 Å². The van der Waals surface area contributed by atoms with E-state index in [1.165, 1.54) is 5.56 Å². The van der Waals surface area contributed by atoms with E-state index in [1.54, 1.807) is 0 Å². The van der Waals surface area contributed by atoms with Crippen LogP contribution in [0.2, 0.25) is 0 Å². The van der Waals surface area contributed by atoms with Crippen molar-refractivity contribution in [3.63, 3.8) is 0 Å². The second-order valence-corrected chi connectivity index (χ2v) is 6.50. The smallest absolute Gasteiger partial charge is 0.117 e. The van der Waals surface area contributed by atoms with Gasteiger partial charge in [0.25, 0.3) is 0 Å². The van der Waals surface area contributed by atoms with Gasteiger partial charge >= 0.3 is 0 Å². The topological polar surface area (TPSA) is 38.1 Å². The van der Waals surface area contributed by atoms with Gasteiger partial charge in [-0.15, -0.1) is 0 Å². The van der Waals surface area contributed by atoms with Gasteiger partial charge in [0.2, 0.25) is 0 Å². The van der Waals surface area contributed by atoms with Gasteiger partial charge in [0, 0.05) is 18.4 Å². The third-order valence-corrected chi connectivity index (χ3v) is 3.22. The highest BCUT2D eigenvalue weighted by Crippen LogP contribution is 2.29. The van der Waals surface area contributed by atoms with Gasteiger partial charge in [0.1, 0.15) is 11.5 Å². The monoisotopic (exact) mass is 272 g/mol. The van der Waals surface area contributed by atoms with E-state index in [1.807, 2.05) is 37.5 Å². The fourth-order valence-corrected chi connectivity index (χ4v) is 2.31. The molecule has 0 fully saturated rings. The molecule has 2 aromatic rings. The molecule has 0 spiro atoms. The van der Waals surface area contributed by atoms with Crippen molar-refractivity contribution in [2.45, 2.75) is 46.7 Å². The first kappa shape index (κ1) is 14.8. The molecule has 0 saturated heterocycles. The van der Waals surface area contributed by atoms with Gasteiger partial charge in [-0.05, 0) is 42.5 Å². The van der Waals surface area contributed by atoms with Crippen molar-refractivity contribution in [3.05, 3.63) is 53.7 Å². The van der Waals surface area contributed by atoms with E-state index in [2.05, 4.69) is 37.1 Å². The normalized spacial score (nSPS) is 13.4. The molecule has 1 N–H and O–H groups in total. The van der Waals surface area contributed by atoms with E-state index in [4.69, 9.17) is 4.42 Å². The first-order valence-corrected chi connectivity index (χ1v) is 7.13. The predicted molar refractivity (Wildman–Crippen MR) is 81.3 cm³/mol. The third-order valence-electron chi connectivity index (χ3n) is 3.22. The van der Waals surface area contributed by atoms with Crippen LogP contribution in [-0.4, -0.2) is 4.98 Å². The molecule has 0 amide bonds. The summed E-state index contributed by atoms with van der Waals surface area (Å²) in [6, 6.07) is 8.43. The lowest BCUT2D eigenvalue weighted by atomic mass is 9.86. The molecule has 2 heterocycles. The summed E-state index contributed by atoms with van der Waals surface area (Å²) in [5.74, 6) is 1.93. The summed E-state index contributed by atoms with van der Waals surface area (Å²) in [4.78, 5) is 4.23. The zero-order valence-corrected chi connectivity index (χ0v) is 12.8. The van der Waals surface area contributed by atoms with Crippen LogP contribution in [0.1, 0.15) is 50.3 Å². The van der Waals surface area contributed by atoms with Gasteiger partial charge in [0.15, 0.2) is 0 Å². The Balaban J connectivity index is 2.07. The van der Waals surface area contributed by atoms with E-state index >= 15 is 0 Å². The zero-order chi connectivity index (χ0) is 14.6. The molecule has 0 bridgehead atoms. The average Bonchev–Trinajstić information content (AvgIpc) is 2.80. The molecule has 1 atom stereocenters. The highest BCUT2D eigenvalue weighted by Gasteiger charge is 2.20. The quantitative estimate of drug-likeness (QED) is 0.884. The Hall–Kier alpha value is -1.61. The van der Waals surface area contributed by atoms with Crippen molar-refractivity contribution < 1.29 is 4.42 Å². The molecule has 0 saturated carbocycles. The van der Waals surface area contributed by atoms with Crippen LogP contribution in [0.4, 0.5) is 0 Å². The molecule has 2 aromatic heterocycles. The van der Waals surface area contributed by atoms with Crippen LogP contribution in [0.5, 0.6) is 0 Å². The second kappa shape index (κ2) is 6.23. The Kier molecular flexibility index (Phi) is 4.61. The minimum atomic E-state index is 0.257. The number of pyridine rings is 1. The van der Waals surface area contributed by atoms with Crippen molar-refractivity contribution in [1.82, 2.24) is 10.3 Å². The van der Waals surface area contributed by atoms with Gasteiger partial charge in [0.05, 0.1) is 6.54 Å². The number of furan rings is 1. The summed E-state index contributed by atoms with van der Waals surface area (Å²) in [5, 5.41) is 3.59. The van der Waals surface area contributed by atoms with Gasteiger partial charge < -0.3 is 9.73 Å². The van der Waals surface area contributed by atoms with Crippen LogP contribution in [-0.2, 0) is 6.54 Å². The van der Waals surface area contributed by atoms with Crippen molar-refractivity contribution in [2.24, 2.45) is 5.41 Å². The molecule has 2 rings (SSSR count). The summed E-state index contributed by atoms with van der Waals surface area (Å²) in [6.45, 7) is 9.49. The molecular weight excluding hydrogens is 248 g/mol. The molecular formula is C17H24N2O. The van der Waals surface area contributed by atoms with Gasteiger partial charge in [-0.1, -0.05) is 26.8 Å². The maximum atomic E-state index is 5.62. The fourth-order valence-electron chi connectivity index (χ4n) is 2.31. The lowest BCUT2D eigenvalue weighted by Crippen LogP contribution is -2.25. The molecule has 3 nitrogen and oxygen atoms in total. The van der Waals surface area contributed by atoms with E-state index < -0.39 is 0 Å². The third kappa shape index (κ3) is 4.49. The van der Waals surface area contributed by atoms with E-state index in [0.717, 1.165) is 24.5 Å². The maximum Gasteiger partial charge on any atom is 0.117 e. The van der Waals surface area contributed by atoms with Crippen LogP contribution >= 0.6 is 0 Å². The van der Waals surface area contributed by atoms with E-state index in [9.17, 15) is 0 Å². The Morgan fingerprint density at radius 2 is 2.05 bits per heavy atom. The molecule has 0 aliphatic carbocycles. The highest BCUT2D eigenvalue weighted by atomic mass is 16.3. The largest absolute Gasteiger partial charge is 0.465 e. The number of rotatable bonds is 5. The predicted octanol–water partition coefficient (Wildman–Crippen LogP) is 4.25. The lowest BCUT2D eigenvalue weighted by molar-refractivity contribution is 0.303. The molecule has 0 aliphatic heterocycles. The number of nitrogens with one attached hydrogen (secondary N) is 1. The van der Waals surface area contributed by atoms with Crippen molar-refractivity contribution >= 4 is 0 Å². The van der Waals surface area contributed by atoms with Crippen LogP contribution in [0.15, 0.2) is 41.1 Å². The van der Waals surface area contributed by atoms with Gasteiger partial charge in [-0.3, -0.25) is 4.98 Å². The lowest BCUT2D eigenvalue weighted by Gasteiger charge is -2.27. The Labute approximate surface area is 121 Å². The van der Waals surface area contributed by atoms with Crippen LogP contribution < -0.4 is 5.32 Å². The first-order valence-electron chi connectivity index (χ1n) is 7.13. The summed E-state index contributed by atoms with van der Waals surface area (Å²) >= 11 is 0. The number of hydrogen-bond acceptors (Lipinski definition) is 3. The summed E-state index contributed by atoms with van der Waals surface area (Å²) in [7, 11) is 0. The van der Waals surface area contributed by atoms with Crippen molar-refractivity contribution in [1.29, 1.82) is 0 Å². The fraction of sp³-hybridized carbons (Fsp3) is 0.471. The van der Waals surface area contributed by atoms with Crippen LogP contribution in [0.3, 0.4) is 0 Å². The van der Waals surface area contributed by atoms with Gasteiger partial charge in [-0.2, -0.15) is 0 Å². The second-order valence-electron chi connectivity index (χ2n) is 6.50. The minimum Gasteiger partial charge on any atom is -0.465 e. The van der Waals surface area contributed by atoms with Crippen LogP contribution in [0, 0.1) is 12.3 Å². The van der Waals surface area contributed by atoms with Crippen LogP contribution in [0.25, 0.3) is 0 Å². The number of hydrogen-bond donors (Lipinski definition) is 1. The maximum absolute atomic E-state index is 5.62. The first-order chi connectivity index (χ1) is 9.44. The standard InChI is InChI=1S/C17H24N2O/c1-13-7-8-15(20-13)12-19-16(10-17(2,3)4)14-6-5-9-18-11-14/h5-9,11,16,19H,10,12H2,1-4H3. The molecule has 108 valence electrons.